The molecule has 1 heterocycles. The van der Waals surface area contributed by atoms with Gasteiger partial charge < -0.3 is 4.74 Å². The Bertz CT molecular complexity index is 930. The molecule has 1 aliphatic rings. The lowest BCUT2D eigenvalue weighted by molar-refractivity contribution is -0.140. The van der Waals surface area contributed by atoms with Gasteiger partial charge in [0.15, 0.2) is 5.13 Å². The number of aromatic nitrogens is 1. The molecule has 0 atom stereocenters. The van der Waals surface area contributed by atoms with E-state index < -0.39 is 17.8 Å². The molecule has 32 heavy (non-hydrogen) atoms. The smallest absolute Gasteiger partial charge is 0.416 e. The summed E-state index contributed by atoms with van der Waals surface area (Å²) in [5, 5.41) is 3.00. The fourth-order valence-corrected chi connectivity index (χ4v) is 5.14. The van der Waals surface area contributed by atoms with Gasteiger partial charge in [-0.3, -0.25) is 15.0 Å². The van der Waals surface area contributed by atoms with Crippen LogP contribution in [0.4, 0.5) is 28.8 Å². The molecule has 1 N–H and O–H groups in total. The third kappa shape index (κ3) is 6.86. The van der Waals surface area contributed by atoms with Crippen LogP contribution in [-0.2, 0) is 15.7 Å². The van der Waals surface area contributed by atoms with E-state index in [4.69, 9.17) is 4.74 Å². The molecule has 0 radical (unpaired) electrons. The van der Waals surface area contributed by atoms with Crippen molar-refractivity contribution in [3.8, 4) is 0 Å². The summed E-state index contributed by atoms with van der Waals surface area (Å²) in [6.07, 6.45) is 1.03. The normalized spacial score (nSPS) is 14.4. The number of rotatable bonds is 8. The predicted octanol–water partition coefficient (Wildman–Crippen LogP) is 6.05. The fraction of sp³-hybridized carbons (Fsp3) is 0.476. The first-order valence-electron chi connectivity index (χ1n) is 10.3. The summed E-state index contributed by atoms with van der Waals surface area (Å²) in [5.41, 5.74) is -0.608. The summed E-state index contributed by atoms with van der Waals surface area (Å²) in [6.45, 7) is 2.36. The van der Waals surface area contributed by atoms with Gasteiger partial charge in [0, 0.05) is 12.2 Å². The molecular formula is C21H24F3N3O3S2. The van der Waals surface area contributed by atoms with Crippen molar-refractivity contribution in [3.05, 3.63) is 36.0 Å². The number of hydrogen-bond acceptors (Lipinski definition) is 6. The zero-order valence-electron chi connectivity index (χ0n) is 17.5. The fourth-order valence-electron chi connectivity index (χ4n) is 3.48. The molecule has 1 aliphatic carbocycles. The monoisotopic (exact) mass is 487 g/mol. The van der Waals surface area contributed by atoms with E-state index in [1.165, 1.54) is 46.3 Å². The van der Waals surface area contributed by atoms with Crippen molar-refractivity contribution in [2.24, 2.45) is 5.92 Å². The summed E-state index contributed by atoms with van der Waals surface area (Å²) < 4.78 is 45.2. The lowest BCUT2D eigenvalue weighted by Crippen LogP contribution is -2.38. The van der Waals surface area contributed by atoms with Crippen molar-refractivity contribution in [2.75, 3.05) is 29.1 Å². The first kappa shape index (κ1) is 24.4. The predicted molar refractivity (Wildman–Crippen MR) is 119 cm³/mol. The first-order chi connectivity index (χ1) is 15.3. The standard InChI is InChI=1S/C21H24F3N3O3S2/c1-2-30-17(28)13-31-18-11-25-19(32-18)26-20(29)27(12-14-6-3-4-7-14)16-9-5-8-15(10-16)21(22,23)24/h5,8-11,14H,2-4,6-7,12-13H2,1H3,(H,25,26,29). The van der Waals surface area contributed by atoms with Crippen LogP contribution < -0.4 is 10.2 Å². The van der Waals surface area contributed by atoms with Crippen LogP contribution in [0.15, 0.2) is 34.7 Å². The zero-order valence-corrected chi connectivity index (χ0v) is 19.1. The molecule has 2 amide bonds. The van der Waals surface area contributed by atoms with Crippen LogP contribution in [0.5, 0.6) is 0 Å². The van der Waals surface area contributed by atoms with Crippen molar-refractivity contribution in [1.82, 2.24) is 4.98 Å². The van der Waals surface area contributed by atoms with Crippen LogP contribution in [0.3, 0.4) is 0 Å². The van der Waals surface area contributed by atoms with E-state index in [1.54, 1.807) is 6.92 Å². The quantitative estimate of drug-likeness (QED) is 0.363. The van der Waals surface area contributed by atoms with Crippen LogP contribution in [-0.4, -0.2) is 35.9 Å². The number of anilines is 2. The second-order valence-electron chi connectivity index (χ2n) is 7.32. The van der Waals surface area contributed by atoms with Crippen molar-refractivity contribution in [1.29, 1.82) is 0 Å². The maximum absolute atomic E-state index is 13.2. The number of ether oxygens (including phenoxy) is 1. The van der Waals surface area contributed by atoms with Gasteiger partial charge in [0.2, 0.25) is 0 Å². The Morgan fingerprint density at radius 3 is 2.75 bits per heavy atom. The number of nitrogens with one attached hydrogen (secondary N) is 1. The highest BCUT2D eigenvalue weighted by atomic mass is 32.2. The van der Waals surface area contributed by atoms with Gasteiger partial charge in [0.1, 0.15) is 0 Å². The van der Waals surface area contributed by atoms with Gasteiger partial charge >= 0.3 is 18.2 Å². The molecular weight excluding hydrogens is 463 g/mol. The lowest BCUT2D eigenvalue weighted by atomic mass is 10.1. The summed E-state index contributed by atoms with van der Waals surface area (Å²) in [5.74, 6) is 0.0209. The highest BCUT2D eigenvalue weighted by molar-refractivity contribution is 8.01. The van der Waals surface area contributed by atoms with E-state index in [2.05, 4.69) is 10.3 Å². The minimum absolute atomic E-state index is 0.126. The molecule has 1 saturated carbocycles. The molecule has 3 rings (SSSR count). The van der Waals surface area contributed by atoms with Gasteiger partial charge in [-0.1, -0.05) is 30.2 Å². The molecule has 0 spiro atoms. The molecule has 0 aliphatic heterocycles. The number of amides is 2. The Morgan fingerprint density at radius 2 is 2.06 bits per heavy atom. The molecule has 11 heteroatoms. The summed E-state index contributed by atoms with van der Waals surface area (Å²) in [4.78, 5) is 30.0. The maximum Gasteiger partial charge on any atom is 0.416 e. The van der Waals surface area contributed by atoms with Crippen molar-refractivity contribution < 1.29 is 27.5 Å². The molecule has 0 bridgehead atoms. The average Bonchev–Trinajstić information content (AvgIpc) is 3.42. The van der Waals surface area contributed by atoms with E-state index in [1.807, 2.05) is 0 Å². The first-order valence-corrected chi connectivity index (χ1v) is 12.1. The highest BCUT2D eigenvalue weighted by Gasteiger charge is 2.32. The number of carbonyl (C=O) groups excluding carboxylic acids is 2. The van der Waals surface area contributed by atoms with Gasteiger partial charge in [0.25, 0.3) is 0 Å². The van der Waals surface area contributed by atoms with Gasteiger partial charge in [-0.25, -0.2) is 9.78 Å². The van der Waals surface area contributed by atoms with E-state index in [0.29, 0.717) is 18.3 Å². The van der Waals surface area contributed by atoms with Gasteiger partial charge in [0.05, 0.1) is 28.3 Å². The number of halogens is 3. The van der Waals surface area contributed by atoms with E-state index in [9.17, 15) is 22.8 Å². The van der Waals surface area contributed by atoms with Crippen LogP contribution in [0.25, 0.3) is 0 Å². The van der Waals surface area contributed by atoms with Crippen molar-refractivity contribution >= 4 is 45.9 Å². The van der Waals surface area contributed by atoms with Gasteiger partial charge in [-0.15, -0.1) is 11.8 Å². The maximum atomic E-state index is 13.2. The second kappa shape index (κ2) is 11.0. The van der Waals surface area contributed by atoms with Crippen molar-refractivity contribution in [3.63, 3.8) is 0 Å². The van der Waals surface area contributed by atoms with E-state index in [-0.39, 0.29) is 23.3 Å². The molecule has 1 fully saturated rings. The van der Waals surface area contributed by atoms with Crippen LogP contribution in [0.2, 0.25) is 0 Å². The third-order valence-corrected chi connectivity index (χ3v) is 7.06. The van der Waals surface area contributed by atoms with Crippen LogP contribution in [0.1, 0.15) is 38.2 Å². The summed E-state index contributed by atoms with van der Waals surface area (Å²) in [7, 11) is 0. The minimum Gasteiger partial charge on any atom is -0.465 e. The molecule has 1 aromatic carbocycles. The number of esters is 1. The van der Waals surface area contributed by atoms with E-state index >= 15 is 0 Å². The topological polar surface area (TPSA) is 71.5 Å². The Hall–Kier alpha value is -2.27. The van der Waals surface area contributed by atoms with Crippen LogP contribution in [0, 0.1) is 5.92 Å². The molecule has 0 saturated heterocycles. The second-order valence-corrected chi connectivity index (χ2v) is 9.62. The lowest BCUT2D eigenvalue weighted by Gasteiger charge is -2.26. The minimum atomic E-state index is -4.49. The third-order valence-electron chi connectivity index (χ3n) is 4.98. The number of alkyl halides is 3. The number of nitrogens with zero attached hydrogens (tertiary/aromatic N) is 2. The van der Waals surface area contributed by atoms with Crippen molar-refractivity contribution in [2.45, 2.75) is 43.0 Å². The Morgan fingerprint density at radius 1 is 1.31 bits per heavy atom. The molecule has 6 nitrogen and oxygen atoms in total. The number of thiazole rings is 1. The average molecular weight is 488 g/mol. The zero-order chi connectivity index (χ0) is 23.1. The highest BCUT2D eigenvalue weighted by Crippen LogP contribution is 2.34. The van der Waals surface area contributed by atoms with Crippen LogP contribution >= 0.6 is 23.1 Å². The SMILES string of the molecule is CCOC(=O)CSc1cnc(NC(=O)N(CC2CCCC2)c2cccc(C(F)(F)F)c2)s1. The Kier molecular flexibility index (Phi) is 8.41. The number of urea groups is 1. The summed E-state index contributed by atoms with van der Waals surface area (Å²) >= 11 is 2.43. The number of benzene rings is 1. The summed E-state index contributed by atoms with van der Waals surface area (Å²) in [6, 6.07) is 4.26. The molecule has 0 unspecified atom stereocenters. The largest absolute Gasteiger partial charge is 0.465 e. The Labute approximate surface area is 192 Å². The molecule has 2 aromatic rings. The number of thioether (sulfide) groups is 1. The van der Waals surface area contributed by atoms with E-state index in [0.717, 1.165) is 42.0 Å². The number of carbonyl (C=O) groups is 2. The molecule has 174 valence electrons. The van der Waals surface area contributed by atoms with Gasteiger partial charge in [-0.05, 0) is 43.9 Å². The molecule has 1 aromatic heterocycles. The Balaban J connectivity index is 1.73. The van der Waals surface area contributed by atoms with Gasteiger partial charge in [-0.2, -0.15) is 13.2 Å². The number of hydrogen-bond donors (Lipinski definition) is 1.